The van der Waals surface area contributed by atoms with E-state index in [2.05, 4.69) is 22.7 Å². The first-order chi connectivity index (χ1) is 15.5. The number of carbonyl (C=O) groups is 1. The molecule has 0 aliphatic carbocycles. The lowest BCUT2D eigenvalue weighted by molar-refractivity contribution is -0.125. The van der Waals surface area contributed by atoms with Crippen LogP contribution in [0.5, 0.6) is 11.5 Å². The van der Waals surface area contributed by atoms with Crippen molar-refractivity contribution in [3.63, 3.8) is 0 Å². The predicted octanol–water partition coefficient (Wildman–Crippen LogP) is 3.11. The van der Waals surface area contributed by atoms with Crippen molar-refractivity contribution in [1.82, 2.24) is 24.5 Å². The molecule has 1 amide bonds. The molecule has 1 saturated heterocycles. The molecule has 4 aromatic rings. The number of nitrogens with zero attached hydrogens (tertiary/aromatic N) is 5. The molecule has 1 unspecified atom stereocenters. The number of benzene rings is 1. The quantitative estimate of drug-likeness (QED) is 0.466. The number of hydrogen-bond donors (Lipinski definition) is 1. The number of rotatable bonds is 5. The minimum Gasteiger partial charge on any atom is -0.497 e. The predicted molar refractivity (Wildman–Crippen MR) is 123 cm³/mol. The van der Waals surface area contributed by atoms with Gasteiger partial charge in [-0.1, -0.05) is 6.58 Å². The summed E-state index contributed by atoms with van der Waals surface area (Å²) in [6.07, 6.45) is 3.64. The zero-order valence-electron chi connectivity index (χ0n) is 17.7. The molecule has 10 heteroatoms. The number of likely N-dealkylation sites (tertiary alicyclic amines) is 1. The highest BCUT2D eigenvalue weighted by atomic mass is 32.1. The van der Waals surface area contributed by atoms with Crippen molar-refractivity contribution in [2.45, 2.75) is 12.3 Å². The highest BCUT2D eigenvalue weighted by molar-refractivity contribution is 7.22. The SMILES string of the molecule is C=CC(=O)N1CCC(c2cc(-c3nc4cc(OC)cc(OC)c4s3)c3c(N)ncnn23)C1. The van der Waals surface area contributed by atoms with Crippen LogP contribution in [-0.2, 0) is 4.79 Å². The molecule has 1 fully saturated rings. The summed E-state index contributed by atoms with van der Waals surface area (Å²) >= 11 is 1.52. The van der Waals surface area contributed by atoms with Gasteiger partial charge in [0.2, 0.25) is 5.91 Å². The maximum absolute atomic E-state index is 12.1. The molecule has 1 aliphatic rings. The van der Waals surface area contributed by atoms with Gasteiger partial charge in [-0.3, -0.25) is 4.79 Å². The van der Waals surface area contributed by atoms with E-state index in [1.54, 1.807) is 19.1 Å². The smallest absolute Gasteiger partial charge is 0.245 e. The fourth-order valence-corrected chi connectivity index (χ4v) is 5.29. The zero-order valence-corrected chi connectivity index (χ0v) is 18.6. The third-order valence-electron chi connectivity index (χ3n) is 5.82. The number of ether oxygens (including phenoxy) is 2. The van der Waals surface area contributed by atoms with Gasteiger partial charge in [-0.2, -0.15) is 5.10 Å². The largest absolute Gasteiger partial charge is 0.497 e. The van der Waals surface area contributed by atoms with Crippen LogP contribution in [0.25, 0.3) is 26.3 Å². The number of hydrogen-bond acceptors (Lipinski definition) is 8. The maximum Gasteiger partial charge on any atom is 0.245 e. The zero-order chi connectivity index (χ0) is 22.4. The molecule has 9 nitrogen and oxygen atoms in total. The average molecular weight is 451 g/mol. The summed E-state index contributed by atoms with van der Waals surface area (Å²) in [5, 5.41) is 5.26. The molecule has 2 N–H and O–H groups in total. The Hall–Kier alpha value is -3.66. The molecule has 0 bridgehead atoms. The van der Waals surface area contributed by atoms with Crippen LogP contribution < -0.4 is 15.2 Å². The first kappa shape index (κ1) is 20.3. The summed E-state index contributed by atoms with van der Waals surface area (Å²) in [7, 11) is 3.24. The first-order valence-electron chi connectivity index (χ1n) is 10.1. The standard InChI is InChI=1S/C22H22N6O3S/c1-4-18(29)27-6-5-12(10-27)16-9-14(19-21(23)24-11-25-28(16)19)22-26-15-7-13(30-2)8-17(31-3)20(15)32-22/h4,7-9,11-12H,1,5-6,10H2,2-3H3,(H2,23,24,25). The van der Waals surface area contributed by atoms with Crippen molar-refractivity contribution in [2.24, 2.45) is 0 Å². The Morgan fingerprint density at radius 3 is 2.91 bits per heavy atom. The van der Waals surface area contributed by atoms with E-state index in [0.717, 1.165) is 32.9 Å². The molecular formula is C22H22N6O3S. The van der Waals surface area contributed by atoms with Crippen LogP contribution in [0.3, 0.4) is 0 Å². The number of carbonyl (C=O) groups excluding carboxylic acids is 1. The molecule has 1 atom stereocenters. The molecule has 4 heterocycles. The summed E-state index contributed by atoms with van der Waals surface area (Å²) in [4.78, 5) is 22.9. The van der Waals surface area contributed by atoms with Gasteiger partial charge in [0.1, 0.15) is 28.4 Å². The normalized spacial score (nSPS) is 16.1. The van der Waals surface area contributed by atoms with E-state index in [-0.39, 0.29) is 11.8 Å². The van der Waals surface area contributed by atoms with Crippen molar-refractivity contribution < 1.29 is 14.3 Å². The lowest BCUT2D eigenvalue weighted by Crippen LogP contribution is -2.26. The number of anilines is 1. The monoisotopic (exact) mass is 450 g/mol. The third kappa shape index (κ3) is 3.14. The van der Waals surface area contributed by atoms with E-state index in [9.17, 15) is 4.79 Å². The van der Waals surface area contributed by atoms with Crippen LogP contribution in [0.2, 0.25) is 0 Å². The molecule has 5 rings (SSSR count). The third-order valence-corrected chi connectivity index (χ3v) is 6.94. The Bertz CT molecular complexity index is 1360. The first-order valence-corrected chi connectivity index (χ1v) is 10.9. The van der Waals surface area contributed by atoms with Crippen LogP contribution in [-0.4, -0.2) is 57.7 Å². The fraction of sp³-hybridized carbons (Fsp3) is 0.273. The highest BCUT2D eigenvalue weighted by Crippen LogP contribution is 2.42. The number of fused-ring (bicyclic) bond motifs is 2. The Balaban J connectivity index is 1.66. The van der Waals surface area contributed by atoms with Gasteiger partial charge < -0.3 is 20.1 Å². The van der Waals surface area contributed by atoms with Crippen LogP contribution in [0.4, 0.5) is 5.82 Å². The van der Waals surface area contributed by atoms with Gasteiger partial charge in [0, 0.05) is 42.4 Å². The summed E-state index contributed by atoms with van der Waals surface area (Å²) in [5.74, 6) is 1.82. The van der Waals surface area contributed by atoms with Gasteiger partial charge in [-0.15, -0.1) is 11.3 Å². The van der Waals surface area contributed by atoms with Crippen molar-refractivity contribution in [2.75, 3.05) is 33.0 Å². The van der Waals surface area contributed by atoms with E-state index < -0.39 is 0 Å². The number of methoxy groups -OCH3 is 2. The van der Waals surface area contributed by atoms with Crippen molar-refractivity contribution in [1.29, 1.82) is 0 Å². The second kappa shape index (κ2) is 7.79. The number of aromatic nitrogens is 4. The van der Waals surface area contributed by atoms with E-state index in [1.165, 1.54) is 23.7 Å². The summed E-state index contributed by atoms with van der Waals surface area (Å²) in [5.41, 5.74) is 9.60. The van der Waals surface area contributed by atoms with Crippen LogP contribution in [0, 0.1) is 0 Å². The average Bonchev–Trinajstić information content (AvgIpc) is 3.54. The minimum atomic E-state index is -0.0602. The second-order valence-electron chi connectivity index (χ2n) is 7.56. The van der Waals surface area contributed by atoms with Gasteiger partial charge in [0.25, 0.3) is 0 Å². The van der Waals surface area contributed by atoms with Gasteiger partial charge in [-0.25, -0.2) is 14.5 Å². The number of amides is 1. The summed E-state index contributed by atoms with van der Waals surface area (Å²) in [6.45, 7) is 4.88. The highest BCUT2D eigenvalue weighted by Gasteiger charge is 2.30. The number of nitrogens with two attached hydrogens (primary N) is 1. The van der Waals surface area contributed by atoms with Crippen molar-refractivity contribution in [3.8, 4) is 22.1 Å². The molecule has 1 aromatic carbocycles. The molecule has 1 aliphatic heterocycles. The van der Waals surface area contributed by atoms with E-state index in [4.69, 9.17) is 20.2 Å². The minimum absolute atomic E-state index is 0.0602. The number of nitrogen functional groups attached to an aromatic ring is 1. The fourth-order valence-electron chi connectivity index (χ4n) is 4.24. The Morgan fingerprint density at radius 2 is 2.16 bits per heavy atom. The van der Waals surface area contributed by atoms with Gasteiger partial charge in [-0.05, 0) is 18.6 Å². The van der Waals surface area contributed by atoms with E-state index >= 15 is 0 Å². The second-order valence-corrected chi connectivity index (χ2v) is 8.56. The summed E-state index contributed by atoms with van der Waals surface area (Å²) < 4.78 is 13.7. The molecular weight excluding hydrogens is 428 g/mol. The molecule has 3 aromatic heterocycles. The maximum atomic E-state index is 12.1. The lowest BCUT2D eigenvalue weighted by Gasteiger charge is -2.14. The van der Waals surface area contributed by atoms with Crippen LogP contribution >= 0.6 is 11.3 Å². The van der Waals surface area contributed by atoms with Gasteiger partial charge >= 0.3 is 0 Å². The molecule has 0 radical (unpaired) electrons. The van der Waals surface area contributed by atoms with E-state index in [1.807, 2.05) is 16.6 Å². The molecule has 0 saturated carbocycles. The molecule has 0 spiro atoms. The van der Waals surface area contributed by atoms with Crippen molar-refractivity contribution in [3.05, 3.63) is 42.9 Å². The summed E-state index contributed by atoms with van der Waals surface area (Å²) in [6, 6.07) is 5.79. The van der Waals surface area contributed by atoms with Gasteiger partial charge in [0.15, 0.2) is 5.82 Å². The Labute approximate surface area is 188 Å². The van der Waals surface area contributed by atoms with Crippen LogP contribution in [0.1, 0.15) is 18.0 Å². The topological polar surface area (TPSA) is 108 Å². The van der Waals surface area contributed by atoms with E-state index in [0.29, 0.717) is 35.9 Å². The van der Waals surface area contributed by atoms with Gasteiger partial charge in [0.05, 0.1) is 24.4 Å². The Morgan fingerprint density at radius 1 is 1.31 bits per heavy atom. The molecule has 32 heavy (non-hydrogen) atoms. The lowest BCUT2D eigenvalue weighted by atomic mass is 10.0. The Kier molecular flexibility index (Phi) is 4.93. The number of thiazole rings is 1. The molecule has 164 valence electrons. The van der Waals surface area contributed by atoms with Crippen LogP contribution in [0.15, 0.2) is 37.2 Å². The van der Waals surface area contributed by atoms with Crippen molar-refractivity contribution >= 4 is 38.8 Å².